The van der Waals surface area contributed by atoms with Crippen LogP contribution in [0.1, 0.15) is 5.56 Å². The minimum absolute atomic E-state index is 0.170. The van der Waals surface area contributed by atoms with Gasteiger partial charge in [-0.15, -0.1) is 11.8 Å². The van der Waals surface area contributed by atoms with Gasteiger partial charge in [-0.2, -0.15) is 0 Å². The van der Waals surface area contributed by atoms with Crippen molar-refractivity contribution < 1.29 is 9.18 Å². The average Bonchev–Trinajstić information content (AvgIpc) is 2.43. The number of nitrogens with two attached hydrogens (primary N) is 1. The molecule has 21 heavy (non-hydrogen) atoms. The van der Waals surface area contributed by atoms with Crippen LogP contribution in [0.3, 0.4) is 0 Å². The van der Waals surface area contributed by atoms with Crippen molar-refractivity contribution in [2.24, 2.45) is 0 Å². The molecule has 0 saturated carbocycles. The number of hydrogen-bond donors (Lipinski definition) is 2. The van der Waals surface area contributed by atoms with Crippen molar-refractivity contribution in [2.45, 2.75) is 11.8 Å². The maximum atomic E-state index is 12.9. The summed E-state index contributed by atoms with van der Waals surface area (Å²) in [6.45, 7) is 1.91. The van der Waals surface area contributed by atoms with Crippen LogP contribution in [0, 0.1) is 12.7 Å². The minimum Gasteiger partial charge on any atom is -0.398 e. The number of rotatable bonds is 4. The van der Waals surface area contributed by atoms with Crippen LogP contribution in [0.25, 0.3) is 0 Å². The Bertz CT molecular complexity index is 679. The summed E-state index contributed by atoms with van der Waals surface area (Å²) in [6.07, 6.45) is 0. The number of thioether (sulfide) groups is 1. The van der Waals surface area contributed by atoms with Gasteiger partial charge in [-0.25, -0.2) is 4.39 Å². The maximum absolute atomic E-state index is 12.9. The molecule has 0 fully saturated rings. The highest BCUT2D eigenvalue weighted by Crippen LogP contribution is 2.28. The van der Waals surface area contributed by atoms with Crippen LogP contribution in [0.15, 0.2) is 41.3 Å². The first-order valence-electron chi connectivity index (χ1n) is 6.20. The normalized spacial score (nSPS) is 10.4. The number of nitrogens with one attached hydrogen (secondary N) is 1. The van der Waals surface area contributed by atoms with Crippen molar-refractivity contribution in [1.29, 1.82) is 0 Å². The van der Waals surface area contributed by atoms with Crippen molar-refractivity contribution in [3.63, 3.8) is 0 Å². The number of carbonyl (C=O) groups is 1. The van der Waals surface area contributed by atoms with Gasteiger partial charge in [-0.3, -0.25) is 4.79 Å². The van der Waals surface area contributed by atoms with Gasteiger partial charge in [0.15, 0.2) is 0 Å². The van der Waals surface area contributed by atoms with E-state index in [9.17, 15) is 9.18 Å². The smallest absolute Gasteiger partial charge is 0.234 e. The Balaban J connectivity index is 1.97. The summed E-state index contributed by atoms with van der Waals surface area (Å²) in [7, 11) is 0. The highest BCUT2D eigenvalue weighted by Gasteiger charge is 2.09. The number of anilines is 2. The third-order valence-corrected chi connectivity index (χ3v) is 4.23. The summed E-state index contributed by atoms with van der Waals surface area (Å²) in [5.74, 6) is -0.476. The fraction of sp³-hybridized carbons (Fsp3) is 0.133. The molecular formula is C15H14ClFN2OS. The molecule has 0 aromatic heterocycles. The Morgan fingerprint density at radius 1 is 1.38 bits per heavy atom. The van der Waals surface area contributed by atoms with Gasteiger partial charge in [-0.1, -0.05) is 23.7 Å². The molecule has 1 amide bonds. The molecule has 0 bridgehead atoms. The van der Waals surface area contributed by atoms with Gasteiger partial charge in [0.1, 0.15) is 5.82 Å². The first kappa shape index (κ1) is 15.7. The Morgan fingerprint density at radius 3 is 2.86 bits per heavy atom. The Morgan fingerprint density at radius 2 is 2.14 bits per heavy atom. The molecule has 110 valence electrons. The van der Waals surface area contributed by atoms with E-state index in [2.05, 4.69) is 5.32 Å². The molecule has 3 N–H and O–H groups in total. The molecule has 0 aliphatic heterocycles. The van der Waals surface area contributed by atoms with E-state index in [1.807, 2.05) is 25.1 Å². The van der Waals surface area contributed by atoms with Gasteiger partial charge >= 0.3 is 0 Å². The van der Waals surface area contributed by atoms with E-state index < -0.39 is 5.82 Å². The summed E-state index contributed by atoms with van der Waals surface area (Å²) in [5.41, 5.74) is 7.99. The fourth-order valence-corrected chi connectivity index (χ4v) is 2.76. The number of carbonyl (C=O) groups excluding carboxylic acids is 1. The van der Waals surface area contributed by atoms with Gasteiger partial charge in [0.25, 0.3) is 0 Å². The van der Waals surface area contributed by atoms with Crippen molar-refractivity contribution in [3.05, 3.63) is 52.8 Å². The highest BCUT2D eigenvalue weighted by molar-refractivity contribution is 8.00. The fourth-order valence-electron chi connectivity index (χ4n) is 1.70. The quantitative estimate of drug-likeness (QED) is 0.657. The number of hydrogen-bond acceptors (Lipinski definition) is 3. The number of benzene rings is 2. The van der Waals surface area contributed by atoms with Gasteiger partial charge in [0.05, 0.1) is 16.5 Å². The van der Waals surface area contributed by atoms with Gasteiger partial charge in [0.2, 0.25) is 5.91 Å². The number of para-hydroxylation sites is 1. The molecular weight excluding hydrogens is 311 g/mol. The molecule has 2 aromatic carbocycles. The molecule has 0 unspecified atom stereocenters. The van der Waals surface area contributed by atoms with Crippen molar-refractivity contribution >= 4 is 40.6 Å². The van der Waals surface area contributed by atoms with Crippen molar-refractivity contribution in [2.75, 3.05) is 16.8 Å². The molecule has 2 rings (SSSR count). The average molecular weight is 325 g/mol. The van der Waals surface area contributed by atoms with E-state index in [0.717, 1.165) is 16.5 Å². The second-order valence-corrected chi connectivity index (χ2v) is 5.87. The summed E-state index contributed by atoms with van der Waals surface area (Å²) in [4.78, 5) is 12.8. The molecule has 0 radical (unpaired) electrons. The highest BCUT2D eigenvalue weighted by atomic mass is 35.5. The Hall–Kier alpha value is -1.72. The molecule has 0 heterocycles. The third-order valence-electron chi connectivity index (χ3n) is 2.85. The lowest BCUT2D eigenvalue weighted by atomic mass is 10.2. The monoisotopic (exact) mass is 324 g/mol. The molecule has 2 aromatic rings. The lowest BCUT2D eigenvalue weighted by molar-refractivity contribution is -0.113. The standard InChI is InChI=1S/C15H14ClFN2OS/c1-9-3-2-4-13(15(9)18)21-8-14(20)19-12-6-5-10(17)7-11(12)16/h2-7H,8,18H2,1H3,(H,19,20). The number of halogens is 2. The molecule has 0 aliphatic carbocycles. The summed E-state index contributed by atoms with van der Waals surface area (Å²) in [5, 5.41) is 2.81. The van der Waals surface area contributed by atoms with Crippen molar-refractivity contribution in [1.82, 2.24) is 0 Å². The van der Waals surface area contributed by atoms with Gasteiger partial charge < -0.3 is 11.1 Å². The number of amides is 1. The predicted molar refractivity (Wildman–Crippen MR) is 86.4 cm³/mol. The SMILES string of the molecule is Cc1cccc(SCC(=O)Nc2ccc(F)cc2Cl)c1N. The largest absolute Gasteiger partial charge is 0.398 e. The van der Waals surface area contributed by atoms with Crippen LogP contribution in [0.2, 0.25) is 5.02 Å². The zero-order valence-electron chi connectivity index (χ0n) is 11.3. The first-order chi connectivity index (χ1) is 9.97. The van der Waals surface area contributed by atoms with E-state index >= 15 is 0 Å². The lowest BCUT2D eigenvalue weighted by Crippen LogP contribution is -2.14. The zero-order valence-corrected chi connectivity index (χ0v) is 12.9. The summed E-state index contributed by atoms with van der Waals surface area (Å²) < 4.78 is 12.9. The van der Waals surface area contributed by atoms with Crippen LogP contribution in [-0.4, -0.2) is 11.7 Å². The zero-order chi connectivity index (χ0) is 15.4. The van der Waals surface area contributed by atoms with E-state index in [0.29, 0.717) is 11.4 Å². The number of nitrogen functional groups attached to an aromatic ring is 1. The van der Waals surface area contributed by atoms with Crippen LogP contribution >= 0.6 is 23.4 Å². The molecule has 0 aliphatic rings. The molecule has 0 saturated heterocycles. The second-order valence-electron chi connectivity index (χ2n) is 4.45. The summed E-state index contributed by atoms with van der Waals surface area (Å²) in [6, 6.07) is 9.50. The molecule has 3 nitrogen and oxygen atoms in total. The minimum atomic E-state index is -0.445. The van der Waals surface area contributed by atoms with E-state index in [-0.39, 0.29) is 16.7 Å². The van der Waals surface area contributed by atoms with Gasteiger partial charge in [-0.05, 0) is 36.8 Å². The van der Waals surface area contributed by atoms with E-state index in [4.69, 9.17) is 17.3 Å². The second kappa shape index (κ2) is 6.83. The van der Waals surface area contributed by atoms with Crippen LogP contribution < -0.4 is 11.1 Å². The molecule has 6 heteroatoms. The Labute approximate surface area is 131 Å². The van der Waals surface area contributed by atoms with Crippen LogP contribution in [0.4, 0.5) is 15.8 Å². The van der Waals surface area contributed by atoms with E-state index in [1.165, 1.54) is 23.9 Å². The third kappa shape index (κ3) is 4.12. The van der Waals surface area contributed by atoms with E-state index in [1.54, 1.807) is 0 Å². The number of aryl methyl sites for hydroxylation is 1. The summed E-state index contributed by atoms with van der Waals surface area (Å²) >= 11 is 7.20. The maximum Gasteiger partial charge on any atom is 0.234 e. The molecule has 0 spiro atoms. The lowest BCUT2D eigenvalue weighted by Gasteiger charge is -2.09. The predicted octanol–water partition coefficient (Wildman–Crippen LogP) is 4.10. The van der Waals surface area contributed by atoms with Crippen molar-refractivity contribution in [3.8, 4) is 0 Å². The molecule has 0 atom stereocenters. The van der Waals surface area contributed by atoms with Crippen LogP contribution in [0.5, 0.6) is 0 Å². The topological polar surface area (TPSA) is 55.1 Å². The van der Waals surface area contributed by atoms with Crippen LogP contribution in [-0.2, 0) is 4.79 Å². The first-order valence-corrected chi connectivity index (χ1v) is 7.56. The Kier molecular flexibility index (Phi) is 5.09. The van der Waals surface area contributed by atoms with Gasteiger partial charge in [0, 0.05) is 10.6 Å².